The average molecular weight is 508 g/mol. The minimum atomic E-state index is 0.436. The molecule has 0 N–H and O–H groups in total. The fraction of sp³-hybridized carbons (Fsp3) is 1.00. The van der Waals surface area contributed by atoms with Crippen LogP contribution in [0.3, 0.4) is 0 Å². The van der Waals surface area contributed by atoms with Crippen molar-refractivity contribution in [2.45, 2.75) is 188 Å². The van der Waals surface area contributed by atoms with E-state index in [0.29, 0.717) is 12.2 Å². The predicted octanol–water partition coefficient (Wildman–Crippen LogP) is 11.0. The van der Waals surface area contributed by atoms with Crippen molar-refractivity contribution in [1.29, 1.82) is 0 Å². The molecule has 0 bridgehead atoms. The molecule has 1 saturated heterocycles. The molecule has 0 amide bonds. The van der Waals surface area contributed by atoms with Crippen LogP contribution in [-0.2, 0) is 4.74 Å². The van der Waals surface area contributed by atoms with Crippen molar-refractivity contribution in [3.8, 4) is 0 Å². The number of unbranched alkanes of at least 4 members (excludes halogenated alkanes) is 10. The molecule has 1 aliphatic heterocycles. The first kappa shape index (κ1) is 33.9. The lowest BCUT2D eigenvalue weighted by Crippen LogP contribution is -2.40. The van der Waals surface area contributed by atoms with Crippen LogP contribution in [-0.4, -0.2) is 36.7 Å². The van der Waals surface area contributed by atoms with Crippen molar-refractivity contribution in [3.05, 3.63) is 0 Å². The number of hydrogen-bond donors (Lipinski definition) is 0. The number of nitrogens with zero attached hydrogens (tertiary/aromatic N) is 1. The normalized spacial score (nSPS) is 17.2. The van der Waals surface area contributed by atoms with Crippen molar-refractivity contribution in [3.63, 3.8) is 0 Å². The van der Waals surface area contributed by atoms with Gasteiger partial charge in [0.15, 0.2) is 0 Å². The van der Waals surface area contributed by atoms with E-state index in [1.807, 2.05) is 0 Å². The number of likely N-dealkylation sites (tertiary alicyclic amines) is 1. The highest BCUT2D eigenvalue weighted by Crippen LogP contribution is 2.26. The molecule has 0 spiro atoms. The topological polar surface area (TPSA) is 12.5 Å². The van der Waals surface area contributed by atoms with Crippen molar-refractivity contribution in [2.75, 3.05) is 19.6 Å². The molecule has 1 fully saturated rings. The van der Waals surface area contributed by atoms with E-state index in [2.05, 4.69) is 39.5 Å². The Balaban J connectivity index is 2.32. The molecular weight excluding hydrogens is 438 g/mol. The molecule has 0 radical (unpaired) electrons. The summed E-state index contributed by atoms with van der Waals surface area (Å²) in [6, 6.07) is 0. The van der Waals surface area contributed by atoms with E-state index in [1.165, 1.54) is 161 Å². The van der Waals surface area contributed by atoms with Crippen LogP contribution < -0.4 is 0 Å². The summed E-state index contributed by atoms with van der Waals surface area (Å²) < 4.78 is 6.60. The maximum Gasteiger partial charge on any atom is 0.0603 e. The van der Waals surface area contributed by atoms with E-state index in [-0.39, 0.29) is 0 Å². The molecule has 0 aromatic carbocycles. The van der Waals surface area contributed by atoms with Crippen LogP contribution in [0.4, 0.5) is 0 Å². The van der Waals surface area contributed by atoms with Gasteiger partial charge in [0, 0.05) is 19.6 Å². The SMILES string of the molecule is CCCCCCC(CCCC)CC[C@H](C)OC1CCN(CC(CCCCCC)CCCCCC)CC1. The molecule has 1 heterocycles. The van der Waals surface area contributed by atoms with Gasteiger partial charge in [0.25, 0.3) is 0 Å². The summed E-state index contributed by atoms with van der Waals surface area (Å²) in [5, 5.41) is 0. The Bertz CT molecular complexity index is 432. The molecule has 216 valence electrons. The molecule has 2 heteroatoms. The van der Waals surface area contributed by atoms with E-state index in [4.69, 9.17) is 4.74 Å². The molecule has 36 heavy (non-hydrogen) atoms. The Hall–Kier alpha value is -0.0800. The Kier molecular flexibility index (Phi) is 22.6. The van der Waals surface area contributed by atoms with Crippen molar-refractivity contribution < 1.29 is 4.74 Å². The van der Waals surface area contributed by atoms with Crippen molar-refractivity contribution >= 4 is 0 Å². The second-order valence-electron chi connectivity index (χ2n) is 12.4. The minimum absolute atomic E-state index is 0.436. The molecule has 0 saturated carbocycles. The second-order valence-corrected chi connectivity index (χ2v) is 12.4. The van der Waals surface area contributed by atoms with Gasteiger partial charge in [-0.15, -0.1) is 0 Å². The van der Waals surface area contributed by atoms with Crippen LogP contribution in [0.25, 0.3) is 0 Å². The van der Waals surface area contributed by atoms with Crippen LogP contribution in [0.5, 0.6) is 0 Å². The summed E-state index contributed by atoms with van der Waals surface area (Å²) in [7, 11) is 0. The van der Waals surface area contributed by atoms with Gasteiger partial charge in [0.05, 0.1) is 12.2 Å². The summed E-state index contributed by atoms with van der Waals surface area (Å²) in [5.41, 5.74) is 0. The average Bonchev–Trinajstić information content (AvgIpc) is 2.89. The van der Waals surface area contributed by atoms with Crippen LogP contribution in [0.1, 0.15) is 176 Å². The van der Waals surface area contributed by atoms with Crippen molar-refractivity contribution in [1.82, 2.24) is 4.90 Å². The Labute approximate surface area is 229 Å². The minimum Gasteiger partial charge on any atom is -0.375 e. The molecular formula is C34H69NO. The Morgan fingerprint density at radius 3 is 1.53 bits per heavy atom. The summed E-state index contributed by atoms with van der Waals surface area (Å²) in [6.07, 6.45) is 31.6. The third kappa shape index (κ3) is 18.2. The zero-order valence-corrected chi connectivity index (χ0v) is 25.8. The van der Waals surface area contributed by atoms with E-state index >= 15 is 0 Å². The first-order chi connectivity index (χ1) is 17.6. The highest BCUT2D eigenvalue weighted by atomic mass is 16.5. The molecule has 2 nitrogen and oxygen atoms in total. The lowest BCUT2D eigenvalue weighted by molar-refractivity contribution is -0.0415. The zero-order chi connectivity index (χ0) is 26.3. The second kappa shape index (κ2) is 24.0. The van der Waals surface area contributed by atoms with Crippen LogP contribution >= 0.6 is 0 Å². The molecule has 1 rings (SSSR count). The van der Waals surface area contributed by atoms with Gasteiger partial charge in [-0.25, -0.2) is 0 Å². The van der Waals surface area contributed by atoms with Gasteiger partial charge < -0.3 is 9.64 Å². The van der Waals surface area contributed by atoms with Crippen molar-refractivity contribution in [2.24, 2.45) is 11.8 Å². The summed E-state index contributed by atoms with van der Waals surface area (Å²) in [5.74, 6) is 1.86. The number of ether oxygens (including phenoxy) is 1. The van der Waals surface area contributed by atoms with E-state index in [9.17, 15) is 0 Å². The largest absolute Gasteiger partial charge is 0.375 e. The Morgan fingerprint density at radius 2 is 1.03 bits per heavy atom. The van der Waals surface area contributed by atoms with Gasteiger partial charge in [0.2, 0.25) is 0 Å². The summed E-state index contributed by atoms with van der Waals surface area (Å²) in [4.78, 5) is 2.78. The number of hydrogen-bond acceptors (Lipinski definition) is 2. The number of rotatable bonds is 25. The molecule has 1 aliphatic rings. The van der Waals surface area contributed by atoms with Crippen LogP contribution in [0, 0.1) is 11.8 Å². The fourth-order valence-corrected chi connectivity index (χ4v) is 6.29. The maximum atomic E-state index is 6.60. The highest BCUT2D eigenvalue weighted by molar-refractivity contribution is 4.76. The highest BCUT2D eigenvalue weighted by Gasteiger charge is 2.23. The van der Waals surface area contributed by atoms with Gasteiger partial charge in [-0.05, 0) is 57.3 Å². The molecule has 0 aromatic rings. The standard InChI is InChI=1S/C34H69NO/c1-6-10-14-17-21-32(20-13-9-4)25-24-31(5)36-34-26-28-35(29-27-34)30-33(22-18-15-11-7-2)23-19-16-12-8-3/h31-34H,6-30H2,1-5H3/t31-,32?/m0/s1. The van der Waals surface area contributed by atoms with E-state index in [1.54, 1.807) is 0 Å². The van der Waals surface area contributed by atoms with Gasteiger partial charge >= 0.3 is 0 Å². The van der Waals surface area contributed by atoms with Gasteiger partial charge in [-0.1, -0.05) is 130 Å². The van der Waals surface area contributed by atoms with E-state index < -0.39 is 0 Å². The van der Waals surface area contributed by atoms with E-state index in [0.717, 1.165) is 11.8 Å². The molecule has 1 unspecified atom stereocenters. The lowest BCUT2D eigenvalue weighted by atomic mass is 9.90. The zero-order valence-electron chi connectivity index (χ0n) is 25.8. The third-order valence-electron chi connectivity index (χ3n) is 8.82. The quantitative estimate of drug-likeness (QED) is 0.114. The molecule has 0 aromatic heterocycles. The third-order valence-corrected chi connectivity index (χ3v) is 8.82. The first-order valence-corrected chi connectivity index (χ1v) is 17.0. The van der Waals surface area contributed by atoms with Crippen LogP contribution in [0.2, 0.25) is 0 Å². The molecule has 0 aliphatic carbocycles. The van der Waals surface area contributed by atoms with Gasteiger partial charge in [-0.2, -0.15) is 0 Å². The molecule has 2 atom stereocenters. The maximum absolute atomic E-state index is 6.60. The lowest BCUT2D eigenvalue weighted by Gasteiger charge is -2.35. The summed E-state index contributed by atoms with van der Waals surface area (Å²) >= 11 is 0. The van der Waals surface area contributed by atoms with Crippen LogP contribution in [0.15, 0.2) is 0 Å². The smallest absolute Gasteiger partial charge is 0.0603 e. The first-order valence-electron chi connectivity index (χ1n) is 17.0. The fourth-order valence-electron chi connectivity index (χ4n) is 6.29. The summed E-state index contributed by atoms with van der Waals surface area (Å²) in [6.45, 7) is 15.5. The number of piperidine rings is 1. The predicted molar refractivity (Wildman–Crippen MR) is 162 cm³/mol. The van der Waals surface area contributed by atoms with Gasteiger partial charge in [-0.3, -0.25) is 0 Å². The monoisotopic (exact) mass is 508 g/mol. The Morgan fingerprint density at radius 1 is 0.556 bits per heavy atom. The van der Waals surface area contributed by atoms with Gasteiger partial charge in [0.1, 0.15) is 0 Å².